The van der Waals surface area contributed by atoms with Crippen LogP contribution in [0.5, 0.6) is 0 Å². The van der Waals surface area contributed by atoms with Crippen molar-refractivity contribution in [1.29, 1.82) is 0 Å². The summed E-state index contributed by atoms with van der Waals surface area (Å²) in [7, 11) is 1.88. The zero-order valence-electron chi connectivity index (χ0n) is 14.9. The molecule has 0 aliphatic heterocycles. The van der Waals surface area contributed by atoms with Crippen LogP contribution in [0.3, 0.4) is 0 Å². The van der Waals surface area contributed by atoms with Gasteiger partial charge < -0.3 is 4.57 Å². The third-order valence-corrected chi connectivity index (χ3v) is 6.83. The Labute approximate surface area is 173 Å². The smallest absolute Gasteiger partial charge is 0.292 e. The Bertz CT molecular complexity index is 1280. The fourth-order valence-electron chi connectivity index (χ4n) is 3.57. The monoisotopic (exact) mass is 493 g/mol. The zero-order valence-corrected chi connectivity index (χ0v) is 17.8. The lowest BCUT2D eigenvalue weighted by Crippen LogP contribution is -2.22. The van der Waals surface area contributed by atoms with Gasteiger partial charge in [-0.05, 0) is 66.5 Å². The maximum atomic E-state index is 13.0. The normalized spacial score (nSPS) is 14.5. The quantitative estimate of drug-likeness (QED) is 0.405. The van der Waals surface area contributed by atoms with E-state index in [1.807, 2.05) is 31.4 Å². The summed E-state index contributed by atoms with van der Waals surface area (Å²) >= 11 is 8.89. The lowest BCUT2D eigenvalue weighted by atomic mass is 10.2. The first-order valence-electron chi connectivity index (χ1n) is 8.85. The number of benzene rings is 1. The van der Waals surface area contributed by atoms with Gasteiger partial charge in [-0.15, -0.1) is 0 Å². The van der Waals surface area contributed by atoms with Gasteiger partial charge in [-0.1, -0.05) is 11.6 Å². The molecule has 0 radical (unpaired) electrons. The molecule has 1 saturated carbocycles. The SMILES string of the molecule is Cc1c(I)c2nn(-c3ccc4nn(C)cc4c3)c(=O)c(Cl)c2n1CC1CC1. The molecule has 1 fully saturated rings. The van der Waals surface area contributed by atoms with Gasteiger partial charge in [0.1, 0.15) is 10.5 Å². The highest BCUT2D eigenvalue weighted by Gasteiger charge is 2.27. The summed E-state index contributed by atoms with van der Waals surface area (Å²) in [6, 6.07) is 5.66. The number of hydrogen-bond donors (Lipinski definition) is 0. The molecular formula is C19H17ClIN5O. The largest absolute Gasteiger partial charge is 0.341 e. The molecule has 1 aliphatic carbocycles. The van der Waals surface area contributed by atoms with Crippen molar-refractivity contribution in [3.63, 3.8) is 0 Å². The summed E-state index contributed by atoms with van der Waals surface area (Å²) in [5.74, 6) is 0.682. The van der Waals surface area contributed by atoms with E-state index in [1.54, 1.807) is 4.68 Å². The minimum Gasteiger partial charge on any atom is -0.341 e. The topological polar surface area (TPSA) is 57.6 Å². The molecule has 6 nitrogen and oxygen atoms in total. The van der Waals surface area contributed by atoms with Gasteiger partial charge in [0.2, 0.25) is 0 Å². The van der Waals surface area contributed by atoms with E-state index in [0.29, 0.717) is 11.6 Å². The van der Waals surface area contributed by atoms with Gasteiger partial charge in [0, 0.05) is 30.9 Å². The Hall–Kier alpha value is -1.87. The highest BCUT2D eigenvalue weighted by Crippen LogP contribution is 2.36. The minimum absolute atomic E-state index is 0.234. The van der Waals surface area contributed by atoms with Crippen LogP contribution in [0.1, 0.15) is 18.5 Å². The molecule has 0 N–H and O–H groups in total. The lowest BCUT2D eigenvalue weighted by Gasteiger charge is -2.10. The van der Waals surface area contributed by atoms with Crippen LogP contribution in [0.2, 0.25) is 5.02 Å². The maximum absolute atomic E-state index is 13.0. The summed E-state index contributed by atoms with van der Waals surface area (Å²) in [4.78, 5) is 13.0. The number of aromatic nitrogens is 5. The van der Waals surface area contributed by atoms with Crippen LogP contribution in [0.25, 0.3) is 27.6 Å². The van der Waals surface area contributed by atoms with Crippen LogP contribution in [0.15, 0.2) is 29.2 Å². The number of halogens is 2. The Morgan fingerprint density at radius 3 is 2.81 bits per heavy atom. The summed E-state index contributed by atoms with van der Waals surface area (Å²) in [5.41, 5.74) is 3.93. The molecule has 3 aromatic heterocycles. The Morgan fingerprint density at radius 1 is 1.30 bits per heavy atom. The average Bonchev–Trinajstić information content (AvgIpc) is 3.34. The van der Waals surface area contributed by atoms with Crippen molar-refractivity contribution in [2.45, 2.75) is 26.3 Å². The molecule has 0 bridgehead atoms. The number of nitrogens with zero attached hydrogens (tertiary/aromatic N) is 5. The molecule has 0 atom stereocenters. The van der Waals surface area contributed by atoms with E-state index in [4.69, 9.17) is 16.7 Å². The maximum Gasteiger partial charge on any atom is 0.292 e. The van der Waals surface area contributed by atoms with E-state index >= 15 is 0 Å². The fourth-order valence-corrected chi connectivity index (χ4v) is 4.50. The first-order chi connectivity index (χ1) is 12.9. The van der Waals surface area contributed by atoms with Crippen molar-refractivity contribution in [1.82, 2.24) is 24.1 Å². The van der Waals surface area contributed by atoms with Crippen molar-refractivity contribution in [2.24, 2.45) is 13.0 Å². The van der Waals surface area contributed by atoms with Gasteiger partial charge in [0.05, 0.1) is 20.3 Å². The third kappa shape index (κ3) is 2.70. The molecule has 1 aliphatic rings. The standard InChI is InChI=1S/C19H17ClIN5O/c1-10-16(21)17-18(25(10)8-11-3-4-11)15(20)19(27)26(23-17)13-5-6-14-12(7-13)9-24(2)22-14/h5-7,9,11H,3-4,8H2,1-2H3. The number of fused-ring (bicyclic) bond motifs is 2. The molecule has 5 rings (SSSR count). The summed E-state index contributed by atoms with van der Waals surface area (Å²) in [6.45, 7) is 2.97. The lowest BCUT2D eigenvalue weighted by molar-refractivity contribution is 0.631. The van der Waals surface area contributed by atoms with Gasteiger partial charge in [-0.2, -0.15) is 14.9 Å². The van der Waals surface area contributed by atoms with E-state index in [1.165, 1.54) is 17.5 Å². The Morgan fingerprint density at radius 2 is 2.07 bits per heavy atom. The fraction of sp³-hybridized carbons (Fsp3) is 0.316. The number of aryl methyl sites for hydroxylation is 1. The van der Waals surface area contributed by atoms with E-state index in [0.717, 1.165) is 37.7 Å². The second-order valence-electron chi connectivity index (χ2n) is 7.23. The van der Waals surface area contributed by atoms with Gasteiger partial charge in [0.25, 0.3) is 5.56 Å². The molecule has 0 saturated heterocycles. The van der Waals surface area contributed by atoms with Crippen molar-refractivity contribution < 1.29 is 0 Å². The van der Waals surface area contributed by atoms with Crippen LogP contribution < -0.4 is 5.56 Å². The molecule has 0 spiro atoms. The number of hydrogen-bond acceptors (Lipinski definition) is 3. The van der Waals surface area contributed by atoms with Crippen molar-refractivity contribution in [2.75, 3.05) is 0 Å². The molecule has 27 heavy (non-hydrogen) atoms. The van der Waals surface area contributed by atoms with Gasteiger partial charge in [0.15, 0.2) is 0 Å². The van der Waals surface area contributed by atoms with Crippen LogP contribution in [0, 0.1) is 16.4 Å². The second-order valence-corrected chi connectivity index (χ2v) is 8.68. The third-order valence-electron chi connectivity index (χ3n) is 5.20. The molecule has 0 amide bonds. The first-order valence-corrected chi connectivity index (χ1v) is 10.3. The van der Waals surface area contributed by atoms with E-state index < -0.39 is 0 Å². The molecule has 3 heterocycles. The van der Waals surface area contributed by atoms with Crippen LogP contribution >= 0.6 is 34.2 Å². The summed E-state index contributed by atoms with van der Waals surface area (Å²) < 4.78 is 6.37. The molecule has 138 valence electrons. The van der Waals surface area contributed by atoms with Gasteiger partial charge >= 0.3 is 0 Å². The van der Waals surface area contributed by atoms with Crippen LogP contribution in [0.4, 0.5) is 0 Å². The summed E-state index contributed by atoms with van der Waals surface area (Å²) in [5, 5.41) is 10.3. The van der Waals surface area contributed by atoms with Crippen LogP contribution in [-0.2, 0) is 13.6 Å². The first kappa shape index (κ1) is 17.2. The molecule has 0 unspecified atom stereocenters. The van der Waals surface area contributed by atoms with Gasteiger partial charge in [-0.3, -0.25) is 9.48 Å². The molecule has 4 aromatic rings. The highest BCUT2D eigenvalue weighted by atomic mass is 127. The predicted octanol–water partition coefficient (Wildman–Crippen LogP) is 4.05. The molecular weight excluding hydrogens is 477 g/mol. The zero-order chi connectivity index (χ0) is 18.9. The minimum atomic E-state index is -0.293. The Kier molecular flexibility index (Phi) is 3.87. The summed E-state index contributed by atoms with van der Waals surface area (Å²) in [6.07, 6.45) is 4.40. The van der Waals surface area contributed by atoms with Crippen LogP contribution in [-0.4, -0.2) is 24.1 Å². The highest BCUT2D eigenvalue weighted by molar-refractivity contribution is 14.1. The van der Waals surface area contributed by atoms with Gasteiger partial charge in [-0.25, -0.2) is 0 Å². The Balaban J connectivity index is 1.76. The molecule has 1 aromatic carbocycles. The second kappa shape index (κ2) is 6.07. The van der Waals surface area contributed by atoms with Crippen molar-refractivity contribution >= 4 is 56.1 Å². The molecule has 8 heteroatoms. The average molecular weight is 494 g/mol. The van der Waals surface area contributed by atoms with Crippen molar-refractivity contribution in [3.05, 3.63) is 49.0 Å². The number of rotatable bonds is 3. The van der Waals surface area contributed by atoms with E-state index in [-0.39, 0.29) is 10.6 Å². The van der Waals surface area contributed by atoms with E-state index in [2.05, 4.69) is 39.2 Å². The van der Waals surface area contributed by atoms with Crippen molar-refractivity contribution in [3.8, 4) is 5.69 Å². The predicted molar refractivity (Wildman–Crippen MR) is 115 cm³/mol. The van der Waals surface area contributed by atoms with E-state index in [9.17, 15) is 4.79 Å².